The molecule has 2 aliphatic rings. The Bertz CT molecular complexity index is 884. The average Bonchev–Trinajstić information content (AvgIpc) is 2.55. The van der Waals surface area contributed by atoms with Crippen LogP contribution in [-0.2, 0) is 10.0 Å². The van der Waals surface area contributed by atoms with Gasteiger partial charge in [-0.15, -0.1) is 0 Å². The lowest BCUT2D eigenvalue weighted by Crippen LogP contribution is -2.33. The summed E-state index contributed by atoms with van der Waals surface area (Å²) in [6.45, 7) is 2.99. The molecule has 1 amide bonds. The highest BCUT2D eigenvalue weighted by Gasteiger charge is 2.22. The highest BCUT2D eigenvalue weighted by Crippen LogP contribution is 2.32. The number of rotatable bonds is 5. The Labute approximate surface area is 143 Å². The fourth-order valence-corrected chi connectivity index (χ4v) is 2.79. The van der Waals surface area contributed by atoms with Crippen molar-refractivity contribution >= 4 is 15.9 Å². The fourth-order valence-electron chi connectivity index (χ4n) is 1.78. The van der Waals surface area contributed by atoms with Crippen LogP contribution in [0.1, 0.15) is 10.4 Å². The zero-order valence-corrected chi connectivity index (χ0v) is 13.7. The van der Waals surface area contributed by atoms with E-state index in [0.29, 0.717) is 0 Å². The number of hydrogen-bond acceptors (Lipinski definition) is 6. The molecule has 0 spiro atoms. The van der Waals surface area contributed by atoms with Crippen LogP contribution in [0.15, 0.2) is 66.9 Å². The summed E-state index contributed by atoms with van der Waals surface area (Å²) in [7, 11) is -4.11. The average molecular weight is 362 g/mol. The molecule has 0 aromatic heterocycles. The van der Waals surface area contributed by atoms with Crippen LogP contribution in [0.4, 0.5) is 0 Å². The Hall–Kier alpha value is -3.20. The third kappa shape index (κ3) is 5.43. The second-order valence-corrected chi connectivity index (χ2v) is 6.68. The largest absolute Gasteiger partial charge is 0.457 e. The molecule has 0 radical (unpaired) electrons. The summed E-state index contributed by atoms with van der Waals surface area (Å²) in [4.78, 5) is 20.9. The van der Waals surface area contributed by atoms with E-state index in [2.05, 4.69) is 6.58 Å². The zero-order valence-electron chi connectivity index (χ0n) is 12.9. The monoisotopic (exact) mass is 362 g/mol. The lowest BCUT2D eigenvalue weighted by Gasteiger charge is -2.13. The summed E-state index contributed by atoms with van der Waals surface area (Å²) in [6, 6.07) is 15.5. The number of benzene rings is 2. The molecule has 0 saturated carbocycles. The SMILES string of the molecule is C=C(CS(=O)(=O)NC(=O)c1ccccc1)[N+](=O)[O-].c1cc2cc(c1)O2. The number of nitrogens with one attached hydrogen (secondary N) is 1. The van der Waals surface area contributed by atoms with Gasteiger partial charge in [-0.05, 0) is 30.8 Å². The lowest BCUT2D eigenvalue weighted by molar-refractivity contribution is -0.422. The van der Waals surface area contributed by atoms with Gasteiger partial charge in [0.15, 0.2) is 5.75 Å². The summed E-state index contributed by atoms with van der Waals surface area (Å²) in [5.41, 5.74) is -0.559. The molecule has 25 heavy (non-hydrogen) atoms. The molecular weight excluding hydrogens is 348 g/mol. The molecule has 0 unspecified atom stereocenters. The second kappa shape index (κ2) is 7.58. The van der Waals surface area contributed by atoms with Crippen LogP contribution in [0.25, 0.3) is 0 Å². The molecule has 0 aliphatic carbocycles. The minimum atomic E-state index is -4.11. The molecule has 2 aromatic rings. The van der Waals surface area contributed by atoms with Gasteiger partial charge in [-0.25, -0.2) is 13.1 Å². The summed E-state index contributed by atoms with van der Waals surface area (Å²) < 4.78 is 29.6. The standard InChI is InChI=1S/C10H10N2O5S.C6H4O/c1-8(12(14)15)7-18(16,17)11-10(13)9-5-3-2-4-6-9;1-2-5-4-6(3-1)7-5/h2-6H,1,7H2,(H,11,13);1-4H. The Morgan fingerprint density at radius 3 is 2.08 bits per heavy atom. The van der Waals surface area contributed by atoms with E-state index in [-0.39, 0.29) is 5.56 Å². The molecule has 0 atom stereocenters. The van der Waals surface area contributed by atoms with E-state index < -0.39 is 32.3 Å². The molecule has 2 heterocycles. The molecule has 8 nitrogen and oxygen atoms in total. The van der Waals surface area contributed by atoms with Crippen molar-refractivity contribution in [2.24, 2.45) is 0 Å². The van der Waals surface area contributed by atoms with Crippen LogP contribution in [-0.4, -0.2) is 25.0 Å². The van der Waals surface area contributed by atoms with Crippen LogP contribution in [0.3, 0.4) is 0 Å². The normalized spacial score (nSPS) is 11.0. The van der Waals surface area contributed by atoms with Crippen molar-refractivity contribution in [2.45, 2.75) is 0 Å². The number of nitro groups is 1. The number of nitrogens with zero attached hydrogens (tertiary/aromatic N) is 1. The Kier molecular flexibility index (Phi) is 5.50. The van der Waals surface area contributed by atoms with Crippen LogP contribution in [0, 0.1) is 10.1 Å². The van der Waals surface area contributed by atoms with Crippen LogP contribution in [0.5, 0.6) is 11.5 Å². The maximum Gasteiger partial charge on any atom is 0.264 e. The van der Waals surface area contributed by atoms with E-state index >= 15 is 0 Å². The molecule has 0 fully saturated rings. The van der Waals surface area contributed by atoms with Crippen molar-refractivity contribution in [2.75, 3.05) is 5.75 Å². The molecule has 130 valence electrons. The van der Waals surface area contributed by atoms with Gasteiger partial charge in [0.05, 0.1) is 4.92 Å². The lowest BCUT2D eigenvalue weighted by atomic mass is 10.2. The molecule has 9 heteroatoms. The van der Waals surface area contributed by atoms with Gasteiger partial charge in [-0.1, -0.05) is 24.3 Å². The van der Waals surface area contributed by atoms with Crippen LogP contribution < -0.4 is 9.46 Å². The van der Waals surface area contributed by atoms with Crippen molar-refractivity contribution in [1.29, 1.82) is 0 Å². The topological polar surface area (TPSA) is 116 Å². The van der Waals surface area contributed by atoms with Gasteiger partial charge in [0.1, 0.15) is 11.5 Å². The number of hydrogen-bond donors (Lipinski definition) is 1. The number of carbonyl (C=O) groups excluding carboxylic acids is 1. The Morgan fingerprint density at radius 2 is 1.68 bits per heavy atom. The van der Waals surface area contributed by atoms with E-state index in [9.17, 15) is 23.3 Å². The minimum Gasteiger partial charge on any atom is -0.457 e. The number of fused-ring (bicyclic) bond motifs is 2. The van der Waals surface area contributed by atoms with Gasteiger partial charge in [0, 0.05) is 11.6 Å². The summed E-state index contributed by atoms with van der Waals surface area (Å²) >= 11 is 0. The van der Waals surface area contributed by atoms with Crippen molar-refractivity contribution in [3.05, 3.63) is 82.6 Å². The number of sulfonamides is 1. The first-order valence-corrected chi connectivity index (χ1v) is 8.62. The molecular formula is C16H14N2O6S. The Morgan fingerprint density at radius 1 is 1.12 bits per heavy atom. The van der Waals surface area contributed by atoms with Gasteiger partial charge in [-0.2, -0.15) is 0 Å². The van der Waals surface area contributed by atoms with E-state index in [4.69, 9.17) is 4.74 Å². The van der Waals surface area contributed by atoms with Gasteiger partial charge in [0.25, 0.3) is 11.6 Å². The maximum atomic E-state index is 11.5. The quantitative estimate of drug-likeness (QED) is 0.550. The molecule has 1 N–H and O–H groups in total. The minimum absolute atomic E-state index is 0.146. The predicted octanol–water partition coefficient (Wildman–Crippen LogP) is 2.33. The fraction of sp³-hybridized carbons (Fsp3) is 0.0625. The van der Waals surface area contributed by atoms with Crippen molar-refractivity contribution in [3.63, 3.8) is 0 Å². The summed E-state index contributed by atoms with van der Waals surface area (Å²) in [5.74, 6) is 0.195. The summed E-state index contributed by atoms with van der Waals surface area (Å²) in [6.07, 6.45) is 0. The maximum absolute atomic E-state index is 11.5. The predicted molar refractivity (Wildman–Crippen MR) is 90.3 cm³/mol. The van der Waals surface area contributed by atoms with Gasteiger partial charge < -0.3 is 4.74 Å². The molecule has 2 bridgehead atoms. The van der Waals surface area contributed by atoms with E-state index in [1.165, 1.54) is 12.1 Å². The molecule has 4 rings (SSSR count). The first-order chi connectivity index (χ1) is 11.8. The summed E-state index contributed by atoms with van der Waals surface area (Å²) in [5, 5.41) is 10.3. The van der Waals surface area contributed by atoms with Gasteiger partial charge >= 0.3 is 0 Å². The number of carbonyl (C=O) groups is 1. The van der Waals surface area contributed by atoms with E-state index in [1.807, 2.05) is 24.3 Å². The molecule has 2 aromatic carbocycles. The zero-order chi connectivity index (χ0) is 18.4. The highest BCUT2D eigenvalue weighted by molar-refractivity contribution is 7.90. The highest BCUT2D eigenvalue weighted by atomic mass is 32.2. The van der Waals surface area contributed by atoms with Gasteiger partial charge in [-0.3, -0.25) is 14.9 Å². The smallest absolute Gasteiger partial charge is 0.264 e. The Balaban J connectivity index is 0.000000261. The van der Waals surface area contributed by atoms with E-state index in [0.717, 1.165) is 11.5 Å². The third-order valence-corrected chi connectivity index (χ3v) is 4.15. The van der Waals surface area contributed by atoms with Crippen molar-refractivity contribution in [1.82, 2.24) is 4.72 Å². The first-order valence-electron chi connectivity index (χ1n) is 6.97. The van der Waals surface area contributed by atoms with Crippen LogP contribution in [0.2, 0.25) is 0 Å². The first kappa shape index (κ1) is 18.1. The van der Waals surface area contributed by atoms with Crippen molar-refractivity contribution in [3.8, 4) is 11.5 Å². The number of amides is 1. The van der Waals surface area contributed by atoms with E-state index in [1.54, 1.807) is 22.9 Å². The number of ether oxygens (including phenoxy) is 1. The van der Waals surface area contributed by atoms with Crippen LogP contribution >= 0.6 is 0 Å². The molecule has 2 aliphatic heterocycles. The van der Waals surface area contributed by atoms with Gasteiger partial charge in [0.2, 0.25) is 10.0 Å². The third-order valence-electron chi connectivity index (χ3n) is 2.94. The second-order valence-electron chi connectivity index (χ2n) is 4.96. The van der Waals surface area contributed by atoms with Crippen molar-refractivity contribution < 1.29 is 22.9 Å². The molecule has 0 saturated heterocycles.